The topological polar surface area (TPSA) is 64.2 Å². The van der Waals surface area contributed by atoms with Gasteiger partial charge in [-0.25, -0.2) is 0 Å². The number of rotatable bonds is 6. The van der Waals surface area contributed by atoms with Crippen LogP contribution in [0.2, 0.25) is 0 Å². The van der Waals surface area contributed by atoms with Gasteiger partial charge >= 0.3 is 0 Å². The molecule has 0 radical (unpaired) electrons. The highest BCUT2D eigenvalue weighted by atomic mass is 16.2. The van der Waals surface area contributed by atoms with Crippen LogP contribution in [0.5, 0.6) is 0 Å². The van der Waals surface area contributed by atoms with E-state index < -0.39 is 5.54 Å². The van der Waals surface area contributed by atoms with Crippen molar-refractivity contribution in [3.63, 3.8) is 0 Å². The Morgan fingerprint density at radius 1 is 0.971 bits per heavy atom. The zero-order valence-electron chi connectivity index (χ0n) is 20.3. The predicted molar refractivity (Wildman–Crippen MR) is 132 cm³/mol. The fourth-order valence-electron chi connectivity index (χ4n) is 5.18. The summed E-state index contributed by atoms with van der Waals surface area (Å²) in [5.41, 5.74) is 1.26. The lowest BCUT2D eigenvalue weighted by Gasteiger charge is -2.44. The number of likely N-dealkylation sites (tertiary alicyclic amines) is 1. The second kappa shape index (κ2) is 9.87. The highest BCUT2D eigenvalue weighted by molar-refractivity contribution is 5.96. The third kappa shape index (κ3) is 4.39. The quantitative estimate of drug-likeness (QED) is 0.662. The van der Waals surface area contributed by atoms with Gasteiger partial charge in [-0.15, -0.1) is 0 Å². The van der Waals surface area contributed by atoms with E-state index in [1.807, 2.05) is 72.5 Å². The monoisotopic (exact) mass is 462 g/mol. The molecule has 180 valence electrons. The van der Waals surface area contributed by atoms with E-state index in [1.165, 1.54) is 4.90 Å². The molecule has 1 unspecified atom stereocenters. The molecule has 2 aliphatic rings. The average Bonchev–Trinajstić information content (AvgIpc) is 3.12. The number of carbonyl (C=O) groups excluding carboxylic acids is 3. The van der Waals surface area contributed by atoms with Crippen molar-refractivity contribution < 1.29 is 14.4 Å². The van der Waals surface area contributed by atoms with Gasteiger partial charge in [0.1, 0.15) is 12.1 Å². The molecule has 7 nitrogen and oxygen atoms in total. The largest absolute Gasteiger partial charge is 0.347 e. The van der Waals surface area contributed by atoms with Crippen molar-refractivity contribution in [1.29, 1.82) is 0 Å². The average molecular weight is 463 g/mol. The molecule has 0 aliphatic carbocycles. The van der Waals surface area contributed by atoms with E-state index in [0.29, 0.717) is 32.6 Å². The second-order valence-electron chi connectivity index (χ2n) is 9.42. The third-order valence-electron chi connectivity index (χ3n) is 7.22. The summed E-state index contributed by atoms with van der Waals surface area (Å²) < 4.78 is 0. The summed E-state index contributed by atoms with van der Waals surface area (Å²) >= 11 is 0. The fourth-order valence-corrected chi connectivity index (χ4v) is 5.18. The van der Waals surface area contributed by atoms with E-state index in [-0.39, 0.29) is 30.2 Å². The normalized spacial score (nSPS) is 18.3. The summed E-state index contributed by atoms with van der Waals surface area (Å²) in [5.74, 6) is -0.165. The van der Waals surface area contributed by atoms with Gasteiger partial charge in [0.25, 0.3) is 5.91 Å². The first kappa shape index (κ1) is 23.8. The molecular weight excluding hydrogens is 428 g/mol. The SMILES string of the molecule is CCC(C(=O)N1CCC2(CC1)C(=O)N(CC(=O)N(C)C)CN2c1ccccc1)c1ccccc1. The predicted octanol–water partition coefficient (Wildman–Crippen LogP) is 2.94. The van der Waals surface area contributed by atoms with Crippen LogP contribution in [0, 0.1) is 0 Å². The van der Waals surface area contributed by atoms with Crippen LogP contribution in [0.15, 0.2) is 60.7 Å². The molecule has 2 saturated heterocycles. The molecular formula is C27H34N4O3. The molecule has 1 atom stereocenters. The molecule has 2 heterocycles. The highest BCUT2D eigenvalue weighted by Crippen LogP contribution is 2.40. The number of nitrogens with zero attached hydrogens (tertiary/aromatic N) is 4. The van der Waals surface area contributed by atoms with E-state index in [1.54, 1.807) is 19.0 Å². The van der Waals surface area contributed by atoms with E-state index in [9.17, 15) is 14.4 Å². The first-order chi connectivity index (χ1) is 16.4. The zero-order chi connectivity index (χ0) is 24.3. The van der Waals surface area contributed by atoms with Gasteiger partial charge in [-0.05, 0) is 37.0 Å². The minimum Gasteiger partial charge on any atom is -0.347 e. The summed E-state index contributed by atoms with van der Waals surface area (Å²) in [6.45, 7) is 3.52. The third-order valence-corrected chi connectivity index (χ3v) is 7.22. The number of carbonyl (C=O) groups is 3. The van der Waals surface area contributed by atoms with Crippen LogP contribution in [0.4, 0.5) is 5.69 Å². The fraction of sp³-hybridized carbons (Fsp3) is 0.444. The Morgan fingerprint density at radius 3 is 2.12 bits per heavy atom. The lowest BCUT2D eigenvalue weighted by Crippen LogP contribution is -2.58. The van der Waals surface area contributed by atoms with Gasteiger partial charge in [0.05, 0.1) is 12.6 Å². The van der Waals surface area contributed by atoms with Crippen molar-refractivity contribution in [1.82, 2.24) is 14.7 Å². The van der Waals surface area contributed by atoms with Crippen molar-refractivity contribution in [2.24, 2.45) is 0 Å². The summed E-state index contributed by atoms with van der Waals surface area (Å²) in [5, 5.41) is 0. The summed E-state index contributed by atoms with van der Waals surface area (Å²) in [6, 6.07) is 19.8. The maximum absolute atomic E-state index is 13.7. The van der Waals surface area contributed by atoms with Gasteiger partial charge in [-0.1, -0.05) is 55.5 Å². The van der Waals surface area contributed by atoms with E-state index in [0.717, 1.165) is 17.7 Å². The van der Waals surface area contributed by atoms with Gasteiger partial charge in [-0.2, -0.15) is 0 Å². The maximum Gasteiger partial charge on any atom is 0.250 e. The molecule has 2 aliphatic heterocycles. The molecule has 0 aromatic heterocycles. The van der Waals surface area contributed by atoms with Crippen LogP contribution in [-0.4, -0.2) is 78.4 Å². The summed E-state index contributed by atoms with van der Waals surface area (Å²) in [6.07, 6.45) is 1.83. The number of hydrogen-bond acceptors (Lipinski definition) is 4. The molecule has 0 saturated carbocycles. The molecule has 34 heavy (non-hydrogen) atoms. The Bertz CT molecular complexity index is 1020. The molecule has 4 rings (SSSR count). The number of amides is 3. The van der Waals surface area contributed by atoms with Gasteiger partial charge in [0.2, 0.25) is 11.8 Å². The maximum atomic E-state index is 13.7. The Morgan fingerprint density at radius 2 is 1.56 bits per heavy atom. The number of para-hydroxylation sites is 1. The van der Waals surface area contributed by atoms with Crippen molar-refractivity contribution in [2.75, 3.05) is 45.3 Å². The smallest absolute Gasteiger partial charge is 0.250 e. The minimum atomic E-state index is -0.737. The van der Waals surface area contributed by atoms with Crippen molar-refractivity contribution in [2.45, 2.75) is 37.6 Å². The summed E-state index contributed by atoms with van der Waals surface area (Å²) in [7, 11) is 3.41. The lowest BCUT2D eigenvalue weighted by molar-refractivity contribution is -0.141. The number of anilines is 1. The molecule has 2 aromatic rings. The Kier molecular flexibility index (Phi) is 6.91. The highest BCUT2D eigenvalue weighted by Gasteiger charge is 2.54. The van der Waals surface area contributed by atoms with Gasteiger partial charge in [0, 0.05) is 32.9 Å². The van der Waals surface area contributed by atoms with Crippen molar-refractivity contribution in [3.05, 3.63) is 66.2 Å². The molecule has 3 amide bonds. The molecule has 0 bridgehead atoms. The zero-order valence-corrected chi connectivity index (χ0v) is 20.3. The second-order valence-corrected chi connectivity index (χ2v) is 9.42. The lowest BCUT2D eigenvalue weighted by atomic mass is 9.84. The Balaban J connectivity index is 1.55. The Labute approximate surface area is 201 Å². The first-order valence-electron chi connectivity index (χ1n) is 12.0. The van der Waals surface area contributed by atoms with Gasteiger partial charge in [-0.3, -0.25) is 14.4 Å². The van der Waals surface area contributed by atoms with Crippen LogP contribution in [0.1, 0.15) is 37.7 Å². The number of hydrogen-bond donors (Lipinski definition) is 0. The standard InChI is InChI=1S/C27H34N4O3/c1-4-23(21-11-7-5-8-12-21)25(33)29-17-15-27(16-18-29)26(34)30(19-24(32)28(2)3)20-31(27)22-13-9-6-10-14-22/h5-14,23H,4,15-20H2,1-3H3. The van der Waals surface area contributed by atoms with Gasteiger partial charge in [0.15, 0.2) is 0 Å². The number of likely N-dealkylation sites (N-methyl/N-ethyl adjacent to an activating group) is 1. The van der Waals surface area contributed by atoms with Crippen LogP contribution in [0.25, 0.3) is 0 Å². The van der Waals surface area contributed by atoms with E-state index >= 15 is 0 Å². The van der Waals surface area contributed by atoms with Crippen LogP contribution >= 0.6 is 0 Å². The Hall–Kier alpha value is -3.35. The first-order valence-corrected chi connectivity index (χ1v) is 12.0. The molecule has 0 N–H and O–H groups in total. The molecule has 2 aromatic carbocycles. The van der Waals surface area contributed by atoms with E-state index in [2.05, 4.69) is 4.90 Å². The van der Waals surface area contributed by atoms with Crippen molar-refractivity contribution in [3.8, 4) is 0 Å². The van der Waals surface area contributed by atoms with E-state index in [4.69, 9.17) is 0 Å². The minimum absolute atomic E-state index is 0.0197. The molecule has 2 fully saturated rings. The van der Waals surface area contributed by atoms with Crippen LogP contribution in [0.3, 0.4) is 0 Å². The number of benzene rings is 2. The van der Waals surface area contributed by atoms with Crippen LogP contribution in [-0.2, 0) is 14.4 Å². The van der Waals surface area contributed by atoms with Gasteiger partial charge < -0.3 is 19.6 Å². The number of piperidine rings is 1. The molecule has 1 spiro atoms. The molecule has 7 heteroatoms. The van der Waals surface area contributed by atoms with Crippen LogP contribution < -0.4 is 4.90 Å². The van der Waals surface area contributed by atoms with Crippen molar-refractivity contribution >= 4 is 23.4 Å². The summed E-state index contributed by atoms with van der Waals surface area (Å²) in [4.78, 5) is 46.8.